The number of aromatic amines is 1. The number of anilines is 1. The van der Waals surface area contributed by atoms with Gasteiger partial charge in [-0.15, -0.1) is 0 Å². The molecule has 6 nitrogen and oxygen atoms in total. The zero-order valence-corrected chi connectivity index (χ0v) is 16.2. The van der Waals surface area contributed by atoms with Crippen LogP contribution in [0.2, 0.25) is 0 Å². The van der Waals surface area contributed by atoms with Crippen LogP contribution in [0.3, 0.4) is 0 Å². The Labute approximate surface area is 158 Å². The topological polar surface area (TPSA) is 83.1 Å². The minimum absolute atomic E-state index is 0.233. The maximum Gasteiger partial charge on any atom is 0.264 e. The molecule has 3 aromatic rings. The van der Waals surface area contributed by atoms with Crippen molar-refractivity contribution in [1.82, 2.24) is 10.2 Å². The van der Waals surface area contributed by atoms with E-state index >= 15 is 0 Å². The Morgan fingerprint density at radius 2 is 1.74 bits per heavy atom. The summed E-state index contributed by atoms with van der Waals surface area (Å²) in [6.07, 6.45) is 0. The number of nitrogens with one attached hydrogen (secondary N) is 1. The number of sulfonamides is 1. The number of nitrogens with zero attached hydrogens (tertiary/aromatic N) is 2. The van der Waals surface area contributed by atoms with E-state index in [9.17, 15) is 13.2 Å². The van der Waals surface area contributed by atoms with Crippen LogP contribution in [0.4, 0.5) is 5.69 Å². The lowest BCUT2D eigenvalue weighted by Crippen LogP contribution is -2.31. The summed E-state index contributed by atoms with van der Waals surface area (Å²) >= 11 is 0. The summed E-state index contributed by atoms with van der Waals surface area (Å²) in [4.78, 5) is 11.5. The Kier molecular flexibility index (Phi) is 5.14. The largest absolute Gasteiger partial charge is 0.268 e. The molecule has 140 valence electrons. The second-order valence-corrected chi connectivity index (χ2v) is 8.06. The van der Waals surface area contributed by atoms with Crippen LogP contribution in [0.1, 0.15) is 18.1 Å². The molecule has 0 saturated heterocycles. The van der Waals surface area contributed by atoms with Crippen LogP contribution in [0.25, 0.3) is 11.3 Å². The normalized spacial score (nSPS) is 11.4. The molecule has 0 atom stereocenters. The lowest BCUT2D eigenvalue weighted by Gasteiger charge is -2.24. The van der Waals surface area contributed by atoms with Gasteiger partial charge in [0.2, 0.25) is 0 Å². The number of aryl methyl sites for hydroxylation is 1. The minimum Gasteiger partial charge on any atom is -0.268 e. The summed E-state index contributed by atoms with van der Waals surface area (Å²) in [5.41, 5.74) is 2.98. The first-order valence-corrected chi connectivity index (χ1v) is 10.0. The van der Waals surface area contributed by atoms with Crippen LogP contribution >= 0.6 is 0 Å². The number of para-hydroxylation sites is 1. The average molecular weight is 383 g/mol. The van der Waals surface area contributed by atoms with Crippen LogP contribution in [-0.4, -0.2) is 25.2 Å². The van der Waals surface area contributed by atoms with Crippen molar-refractivity contribution in [2.75, 3.05) is 10.8 Å². The minimum atomic E-state index is -3.76. The highest BCUT2D eigenvalue weighted by atomic mass is 32.2. The van der Waals surface area contributed by atoms with Crippen LogP contribution in [-0.2, 0) is 10.0 Å². The standard InChI is InChI=1S/C20H21N3O3S/c1-4-23(17-8-6-5-7-9-17)27(25,26)19-13-16(12-14(2)15(19)3)18-10-11-20(24)22-21-18/h5-13H,4H2,1-3H3,(H,22,24). The van der Waals surface area contributed by atoms with Crippen LogP contribution in [0.5, 0.6) is 0 Å². The Balaban J connectivity index is 2.17. The Hall–Kier alpha value is -2.93. The molecule has 7 heteroatoms. The van der Waals surface area contributed by atoms with Gasteiger partial charge in [-0.25, -0.2) is 13.5 Å². The summed E-state index contributed by atoms with van der Waals surface area (Å²) in [5.74, 6) is 0. The molecule has 0 amide bonds. The highest BCUT2D eigenvalue weighted by molar-refractivity contribution is 7.92. The third kappa shape index (κ3) is 3.64. The molecular formula is C20H21N3O3S. The molecule has 0 unspecified atom stereocenters. The fourth-order valence-corrected chi connectivity index (χ4v) is 4.75. The van der Waals surface area contributed by atoms with Crippen molar-refractivity contribution in [3.05, 3.63) is 76.1 Å². The van der Waals surface area contributed by atoms with Gasteiger partial charge in [0, 0.05) is 18.2 Å². The molecule has 2 aromatic carbocycles. The van der Waals surface area contributed by atoms with E-state index in [1.54, 1.807) is 38.1 Å². The summed E-state index contributed by atoms with van der Waals surface area (Å²) in [6, 6.07) is 15.5. The van der Waals surface area contributed by atoms with Gasteiger partial charge >= 0.3 is 0 Å². The van der Waals surface area contributed by atoms with E-state index in [0.717, 1.165) is 5.56 Å². The van der Waals surface area contributed by atoms with Gasteiger partial charge in [0.1, 0.15) is 0 Å². The molecule has 0 radical (unpaired) electrons. The number of aromatic nitrogens is 2. The van der Waals surface area contributed by atoms with Gasteiger partial charge in [0.25, 0.3) is 15.6 Å². The number of benzene rings is 2. The lowest BCUT2D eigenvalue weighted by molar-refractivity contribution is 0.591. The summed E-state index contributed by atoms with van der Waals surface area (Å²) in [5, 5.41) is 6.40. The van der Waals surface area contributed by atoms with Crippen molar-refractivity contribution in [3.63, 3.8) is 0 Å². The molecule has 1 aromatic heterocycles. The monoisotopic (exact) mass is 383 g/mol. The number of rotatable bonds is 5. The fourth-order valence-electron chi connectivity index (χ4n) is 2.95. The molecule has 0 spiro atoms. The fraction of sp³-hybridized carbons (Fsp3) is 0.200. The Morgan fingerprint density at radius 3 is 2.33 bits per heavy atom. The number of hydrogen-bond donors (Lipinski definition) is 1. The quantitative estimate of drug-likeness (QED) is 0.733. The highest BCUT2D eigenvalue weighted by Gasteiger charge is 2.26. The zero-order chi connectivity index (χ0) is 19.6. The first-order chi connectivity index (χ1) is 12.8. The molecular weight excluding hydrogens is 362 g/mol. The van der Waals surface area contributed by atoms with E-state index in [1.807, 2.05) is 31.2 Å². The smallest absolute Gasteiger partial charge is 0.264 e. The van der Waals surface area contributed by atoms with Crippen LogP contribution in [0.15, 0.2) is 64.3 Å². The van der Waals surface area contributed by atoms with Crippen LogP contribution < -0.4 is 9.86 Å². The lowest BCUT2D eigenvalue weighted by atomic mass is 10.0. The van der Waals surface area contributed by atoms with Crippen molar-refractivity contribution in [2.45, 2.75) is 25.7 Å². The molecule has 0 aliphatic rings. The molecule has 3 rings (SSSR count). The van der Waals surface area contributed by atoms with E-state index in [1.165, 1.54) is 10.4 Å². The molecule has 1 N–H and O–H groups in total. The first-order valence-electron chi connectivity index (χ1n) is 8.59. The summed E-state index contributed by atoms with van der Waals surface area (Å²) in [7, 11) is -3.76. The first kappa shape index (κ1) is 18.8. The Morgan fingerprint density at radius 1 is 1.04 bits per heavy atom. The predicted octanol–water partition coefficient (Wildman–Crippen LogP) is 3.27. The van der Waals surface area contributed by atoms with Crippen molar-refractivity contribution < 1.29 is 8.42 Å². The van der Waals surface area contributed by atoms with E-state index < -0.39 is 10.0 Å². The highest BCUT2D eigenvalue weighted by Crippen LogP contribution is 2.30. The summed E-state index contributed by atoms with van der Waals surface area (Å²) < 4.78 is 28.2. The number of H-pyrrole nitrogens is 1. The third-order valence-corrected chi connectivity index (χ3v) is 6.52. The second kappa shape index (κ2) is 7.36. The van der Waals surface area contributed by atoms with Crippen molar-refractivity contribution in [1.29, 1.82) is 0 Å². The van der Waals surface area contributed by atoms with Gasteiger partial charge in [-0.3, -0.25) is 9.10 Å². The van der Waals surface area contributed by atoms with E-state index in [2.05, 4.69) is 10.2 Å². The van der Waals surface area contributed by atoms with Crippen molar-refractivity contribution >= 4 is 15.7 Å². The Bertz CT molecular complexity index is 1100. The molecule has 0 saturated carbocycles. The molecule has 0 fully saturated rings. The molecule has 0 bridgehead atoms. The molecule has 27 heavy (non-hydrogen) atoms. The predicted molar refractivity (Wildman–Crippen MR) is 106 cm³/mol. The van der Waals surface area contributed by atoms with Gasteiger partial charge < -0.3 is 0 Å². The van der Waals surface area contributed by atoms with E-state index in [0.29, 0.717) is 29.1 Å². The maximum absolute atomic E-state index is 13.4. The van der Waals surface area contributed by atoms with Crippen molar-refractivity contribution in [3.8, 4) is 11.3 Å². The maximum atomic E-state index is 13.4. The van der Waals surface area contributed by atoms with Crippen LogP contribution in [0, 0.1) is 13.8 Å². The van der Waals surface area contributed by atoms with Gasteiger partial charge in [-0.2, -0.15) is 5.10 Å². The third-order valence-electron chi connectivity index (χ3n) is 4.49. The van der Waals surface area contributed by atoms with Gasteiger partial charge in [-0.05, 0) is 62.2 Å². The van der Waals surface area contributed by atoms with Gasteiger partial charge in [0.05, 0.1) is 16.3 Å². The molecule has 0 aliphatic carbocycles. The SMILES string of the molecule is CCN(c1ccccc1)S(=O)(=O)c1cc(-c2ccc(=O)[nH]n2)cc(C)c1C. The van der Waals surface area contributed by atoms with Gasteiger partial charge in [0.15, 0.2) is 0 Å². The average Bonchev–Trinajstić information content (AvgIpc) is 2.65. The van der Waals surface area contributed by atoms with Crippen molar-refractivity contribution in [2.24, 2.45) is 0 Å². The van der Waals surface area contributed by atoms with Gasteiger partial charge in [-0.1, -0.05) is 18.2 Å². The molecule has 0 aliphatic heterocycles. The summed E-state index contributed by atoms with van der Waals surface area (Å²) in [6.45, 7) is 5.78. The number of hydrogen-bond acceptors (Lipinski definition) is 4. The zero-order valence-electron chi connectivity index (χ0n) is 15.4. The van der Waals surface area contributed by atoms with E-state index in [4.69, 9.17) is 0 Å². The molecule has 1 heterocycles. The van der Waals surface area contributed by atoms with E-state index in [-0.39, 0.29) is 10.5 Å². The second-order valence-electron chi connectivity index (χ2n) is 6.23.